The van der Waals surface area contributed by atoms with Crippen molar-refractivity contribution in [2.75, 3.05) is 7.11 Å². The number of aliphatic hydroxyl groups excluding tert-OH is 1. The van der Waals surface area contributed by atoms with Crippen molar-refractivity contribution in [1.82, 2.24) is 20.0 Å². The average molecular weight is 220 g/mol. The number of hydrogen-bond acceptors (Lipinski definition) is 5. The van der Waals surface area contributed by atoms with Crippen molar-refractivity contribution in [2.45, 2.75) is 6.10 Å². The van der Waals surface area contributed by atoms with Crippen LogP contribution >= 0.6 is 0 Å². The molecule has 0 aliphatic rings. The largest absolute Gasteiger partial charge is 0.495 e. The van der Waals surface area contributed by atoms with Crippen molar-refractivity contribution in [1.29, 1.82) is 0 Å². The zero-order chi connectivity index (χ0) is 11.5. The summed E-state index contributed by atoms with van der Waals surface area (Å²) in [5, 5.41) is 17.7. The van der Waals surface area contributed by atoms with Gasteiger partial charge in [0.15, 0.2) is 0 Å². The van der Waals surface area contributed by atoms with Crippen LogP contribution in [0, 0.1) is 0 Å². The van der Waals surface area contributed by atoms with E-state index in [0.717, 1.165) is 0 Å². The van der Waals surface area contributed by atoms with E-state index < -0.39 is 6.10 Å². The molecule has 2 rings (SSSR count). The molecule has 0 fully saturated rings. The lowest BCUT2D eigenvalue weighted by Gasteiger charge is -2.13. The molecule has 0 aromatic carbocycles. The van der Waals surface area contributed by atoms with Crippen LogP contribution in [0.15, 0.2) is 24.7 Å². The van der Waals surface area contributed by atoms with E-state index >= 15 is 0 Å². The minimum absolute atomic E-state index is 0.538. The molecule has 16 heavy (non-hydrogen) atoms. The van der Waals surface area contributed by atoms with Gasteiger partial charge in [0.25, 0.3) is 0 Å². The number of pyridine rings is 1. The molecule has 0 saturated carbocycles. The summed E-state index contributed by atoms with van der Waals surface area (Å²) in [5.41, 5.74) is 1.24. The molecule has 1 unspecified atom stereocenters. The Morgan fingerprint density at radius 1 is 1.44 bits per heavy atom. The second-order valence-electron chi connectivity index (χ2n) is 3.30. The van der Waals surface area contributed by atoms with E-state index in [0.29, 0.717) is 17.0 Å². The van der Waals surface area contributed by atoms with Crippen molar-refractivity contribution in [3.8, 4) is 5.75 Å². The second-order valence-corrected chi connectivity index (χ2v) is 3.30. The molecule has 84 valence electrons. The molecule has 6 heteroatoms. The molecule has 0 bridgehead atoms. The first-order valence-corrected chi connectivity index (χ1v) is 4.74. The molecule has 0 radical (unpaired) electrons. The van der Waals surface area contributed by atoms with Crippen LogP contribution in [0.2, 0.25) is 0 Å². The molecule has 0 saturated heterocycles. The van der Waals surface area contributed by atoms with Gasteiger partial charge < -0.3 is 9.84 Å². The van der Waals surface area contributed by atoms with Gasteiger partial charge in [0.1, 0.15) is 11.9 Å². The summed E-state index contributed by atoms with van der Waals surface area (Å²) in [5.74, 6) is 0.538. The summed E-state index contributed by atoms with van der Waals surface area (Å²) in [6, 6.07) is 1.70. The van der Waals surface area contributed by atoms with Crippen LogP contribution in [-0.2, 0) is 7.05 Å². The molecular weight excluding hydrogens is 208 g/mol. The van der Waals surface area contributed by atoms with Crippen LogP contribution in [0.25, 0.3) is 0 Å². The minimum Gasteiger partial charge on any atom is -0.495 e. The highest BCUT2D eigenvalue weighted by Gasteiger charge is 2.18. The summed E-state index contributed by atoms with van der Waals surface area (Å²) in [6.45, 7) is 0. The topological polar surface area (TPSA) is 73.1 Å². The number of methoxy groups -OCH3 is 1. The molecular formula is C10H12N4O2. The SMILES string of the molecule is COc1cnccc1C(O)c1cnnn1C. The van der Waals surface area contributed by atoms with Crippen LogP contribution in [0.1, 0.15) is 17.4 Å². The van der Waals surface area contributed by atoms with E-state index in [2.05, 4.69) is 15.3 Å². The summed E-state index contributed by atoms with van der Waals surface area (Å²) >= 11 is 0. The second kappa shape index (κ2) is 4.28. The Bertz CT molecular complexity index is 483. The van der Waals surface area contributed by atoms with E-state index in [1.165, 1.54) is 18.0 Å². The lowest BCUT2D eigenvalue weighted by Crippen LogP contribution is -2.08. The Balaban J connectivity index is 2.41. The molecule has 2 aromatic heterocycles. The van der Waals surface area contributed by atoms with Crippen molar-refractivity contribution in [3.05, 3.63) is 35.9 Å². The van der Waals surface area contributed by atoms with Crippen LogP contribution in [0.4, 0.5) is 0 Å². The third-order valence-corrected chi connectivity index (χ3v) is 2.36. The number of hydrogen-bond donors (Lipinski definition) is 1. The van der Waals surface area contributed by atoms with Gasteiger partial charge in [-0.25, -0.2) is 4.68 Å². The average Bonchev–Trinajstić information content (AvgIpc) is 2.74. The molecule has 2 aromatic rings. The third-order valence-electron chi connectivity index (χ3n) is 2.36. The van der Waals surface area contributed by atoms with Gasteiger partial charge in [-0.2, -0.15) is 0 Å². The Labute approximate surface area is 92.5 Å². The maximum Gasteiger partial charge on any atom is 0.143 e. The lowest BCUT2D eigenvalue weighted by molar-refractivity contribution is 0.204. The normalized spacial score (nSPS) is 12.4. The maximum atomic E-state index is 10.2. The highest BCUT2D eigenvalue weighted by atomic mass is 16.5. The quantitative estimate of drug-likeness (QED) is 0.805. The van der Waals surface area contributed by atoms with Gasteiger partial charge in [0.05, 0.1) is 25.2 Å². The fourth-order valence-electron chi connectivity index (χ4n) is 1.49. The zero-order valence-electron chi connectivity index (χ0n) is 9.03. The number of aryl methyl sites for hydroxylation is 1. The first kappa shape index (κ1) is 10.6. The number of aliphatic hydroxyl groups is 1. The van der Waals surface area contributed by atoms with Gasteiger partial charge in [-0.3, -0.25) is 4.98 Å². The Morgan fingerprint density at radius 2 is 2.25 bits per heavy atom. The highest BCUT2D eigenvalue weighted by Crippen LogP contribution is 2.27. The number of nitrogens with zero attached hydrogens (tertiary/aromatic N) is 4. The number of aromatic nitrogens is 4. The molecule has 0 spiro atoms. The summed E-state index contributed by atoms with van der Waals surface area (Å²) in [6.07, 6.45) is 3.86. The highest BCUT2D eigenvalue weighted by molar-refractivity contribution is 5.35. The van der Waals surface area contributed by atoms with E-state index in [1.54, 1.807) is 25.5 Å². The molecule has 0 aliphatic heterocycles. The zero-order valence-corrected chi connectivity index (χ0v) is 9.03. The van der Waals surface area contributed by atoms with Crippen LogP contribution < -0.4 is 4.74 Å². The van der Waals surface area contributed by atoms with E-state index in [1.807, 2.05) is 0 Å². The fourth-order valence-corrected chi connectivity index (χ4v) is 1.49. The van der Waals surface area contributed by atoms with E-state index in [9.17, 15) is 5.11 Å². The third kappa shape index (κ3) is 1.74. The van der Waals surface area contributed by atoms with Gasteiger partial charge in [-0.15, -0.1) is 5.10 Å². The van der Waals surface area contributed by atoms with Crippen molar-refractivity contribution < 1.29 is 9.84 Å². The Hall–Kier alpha value is -1.95. The minimum atomic E-state index is -0.821. The maximum absolute atomic E-state index is 10.2. The van der Waals surface area contributed by atoms with Crippen molar-refractivity contribution in [2.24, 2.45) is 7.05 Å². The van der Waals surface area contributed by atoms with Crippen molar-refractivity contribution >= 4 is 0 Å². The predicted molar refractivity (Wildman–Crippen MR) is 55.9 cm³/mol. The van der Waals surface area contributed by atoms with E-state index in [4.69, 9.17) is 4.74 Å². The van der Waals surface area contributed by atoms with Crippen LogP contribution in [0.5, 0.6) is 5.75 Å². The van der Waals surface area contributed by atoms with Gasteiger partial charge in [-0.05, 0) is 6.07 Å². The lowest BCUT2D eigenvalue weighted by atomic mass is 10.1. The van der Waals surface area contributed by atoms with Crippen molar-refractivity contribution in [3.63, 3.8) is 0 Å². The fraction of sp³-hybridized carbons (Fsp3) is 0.300. The Kier molecular flexibility index (Phi) is 2.82. The number of ether oxygens (including phenoxy) is 1. The monoisotopic (exact) mass is 220 g/mol. The van der Waals surface area contributed by atoms with Crippen LogP contribution in [0.3, 0.4) is 0 Å². The van der Waals surface area contributed by atoms with Crippen LogP contribution in [-0.4, -0.2) is 32.2 Å². The van der Waals surface area contributed by atoms with Gasteiger partial charge in [-0.1, -0.05) is 5.21 Å². The Morgan fingerprint density at radius 3 is 2.88 bits per heavy atom. The standard InChI is InChI=1S/C10H12N4O2/c1-14-8(5-12-13-14)10(15)7-3-4-11-6-9(7)16-2/h3-6,10,15H,1-2H3. The first-order valence-electron chi connectivity index (χ1n) is 4.74. The molecule has 1 N–H and O–H groups in total. The van der Waals surface area contributed by atoms with Gasteiger partial charge in [0.2, 0.25) is 0 Å². The molecule has 2 heterocycles. The first-order chi connectivity index (χ1) is 7.74. The molecule has 0 aliphatic carbocycles. The van der Waals surface area contributed by atoms with E-state index in [-0.39, 0.29) is 0 Å². The van der Waals surface area contributed by atoms with Gasteiger partial charge >= 0.3 is 0 Å². The molecule has 6 nitrogen and oxygen atoms in total. The molecule has 0 amide bonds. The number of rotatable bonds is 3. The summed E-state index contributed by atoms with van der Waals surface area (Å²) in [4.78, 5) is 3.93. The molecule has 1 atom stereocenters. The smallest absolute Gasteiger partial charge is 0.143 e. The summed E-state index contributed by atoms with van der Waals surface area (Å²) in [7, 11) is 3.26. The predicted octanol–water partition coefficient (Wildman–Crippen LogP) is 0.300. The summed E-state index contributed by atoms with van der Waals surface area (Å²) < 4.78 is 6.65. The van der Waals surface area contributed by atoms with Gasteiger partial charge in [0, 0.05) is 18.8 Å².